The Labute approximate surface area is 101 Å². The van der Waals surface area contributed by atoms with Gasteiger partial charge in [-0.05, 0) is 44.0 Å². The number of hydrogen-bond acceptors (Lipinski definition) is 2. The van der Waals surface area contributed by atoms with E-state index in [-0.39, 0.29) is 18.0 Å². The molecule has 1 aliphatic heterocycles. The Bertz CT molecular complexity index is 407. The van der Waals surface area contributed by atoms with E-state index in [4.69, 9.17) is 4.74 Å². The van der Waals surface area contributed by atoms with Crippen molar-refractivity contribution in [2.45, 2.75) is 51.4 Å². The fraction of sp³-hybridized carbons (Fsp3) is 0.571. The molecule has 0 amide bonds. The Morgan fingerprint density at radius 1 is 1.29 bits per heavy atom. The average molecular weight is 238 g/mol. The predicted molar refractivity (Wildman–Crippen MR) is 64.3 cm³/mol. The summed E-state index contributed by atoms with van der Waals surface area (Å²) in [7, 11) is 0. The molecule has 17 heavy (non-hydrogen) atoms. The fourth-order valence-corrected chi connectivity index (χ4v) is 2.90. The van der Waals surface area contributed by atoms with Gasteiger partial charge in [-0.3, -0.25) is 0 Å². The van der Waals surface area contributed by atoms with Crippen LogP contribution in [0.1, 0.15) is 37.8 Å². The molecule has 1 fully saturated rings. The van der Waals surface area contributed by atoms with E-state index < -0.39 is 5.60 Å². The van der Waals surface area contributed by atoms with E-state index in [2.05, 4.69) is 0 Å². The van der Waals surface area contributed by atoms with Gasteiger partial charge >= 0.3 is 0 Å². The molecule has 2 nitrogen and oxygen atoms in total. The van der Waals surface area contributed by atoms with Crippen molar-refractivity contribution in [1.29, 1.82) is 0 Å². The van der Waals surface area contributed by atoms with Crippen molar-refractivity contribution in [3.8, 4) is 0 Å². The van der Waals surface area contributed by atoms with E-state index >= 15 is 0 Å². The highest BCUT2D eigenvalue weighted by molar-refractivity contribution is 5.32. The number of aliphatic hydroxyl groups is 1. The van der Waals surface area contributed by atoms with E-state index in [0.717, 1.165) is 11.1 Å². The number of hydrogen-bond donors (Lipinski definition) is 1. The number of halogens is 1. The number of benzene rings is 1. The lowest BCUT2D eigenvalue weighted by molar-refractivity contribution is -0.136. The molecule has 1 aliphatic rings. The summed E-state index contributed by atoms with van der Waals surface area (Å²) in [5.74, 6) is -0.261. The van der Waals surface area contributed by atoms with Crippen molar-refractivity contribution in [3.05, 3.63) is 35.1 Å². The second-order valence-electron chi connectivity index (χ2n) is 5.16. The average Bonchev–Trinajstić information content (AvgIpc) is 2.13. The van der Waals surface area contributed by atoms with Crippen LogP contribution < -0.4 is 0 Å². The summed E-state index contributed by atoms with van der Waals surface area (Å²) in [4.78, 5) is 0. The highest BCUT2D eigenvalue weighted by atomic mass is 19.1. The van der Waals surface area contributed by atoms with Crippen LogP contribution in [-0.4, -0.2) is 17.3 Å². The quantitative estimate of drug-likeness (QED) is 0.815. The molecule has 2 atom stereocenters. The highest BCUT2D eigenvalue weighted by Crippen LogP contribution is 2.38. The van der Waals surface area contributed by atoms with Crippen molar-refractivity contribution in [2.75, 3.05) is 0 Å². The minimum Gasteiger partial charge on any atom is -0.385 e. The Hall–Kier alpha value is -0.930. The van der Waals surface area contributed by atoms with Gasteiger partial charge in [0.2, 0.25) is 0 Å². The SMILES string of the molecule is Cc1cc(F)ccc1C1(O)CC(C)OC(C)C1. The molecule has 0 spiro atoms. The standard InChI is InChI=1S/C14H19FO2/c1-9-6-12(15)4-5-13(9)14(16)7-10(2)17-11(3)8-14/h4-6,10-11,16H,7-8H2,1-3H3. The minimum atomic E-state index is -0.894. The third-order valence-corrected chi connectivity index (χ3v) is 3.40. The van der Waals surface area contributed by atoms with Crippen LogP contribution >= 0.6 is 0 Å². The van der Waals surface area contributed by atoms with Gasteiger partial charge in [0.15, 0.2) is 0 Å². The van der Waals surface area contributed by atoms with Gasteiger partial charge in [-0.25, -0.2) is 4.39 Å². The molecule has 0 saturated carbocycles. The molecule has 1 aromatic carbocycles. The topological polar surface area (TPSA) is 29.5 Å². The zero-order valence-electron chi connectivity index (χ0n) is 10.5. The maximum absolute atomic E-state index is 13.1. The summed E-state index contributed by atoms with van der Waals surface area (Å²) in [6, 6.07) is 4.57. The van der Waals surface area contributed by atoms with Crippen molar-refractivity contribution < 1.29 is 14.2 Å². The first-order valence-corrected chi connectivity index (χ1v) is 6.05. The smallest absolute Gasteiger partial charge is 0.123 e. The highest BCUT2D eigenvalue weighted by Gasteiger charge is 2.39. The molecule has 3 heteroatoms. The zero-order chi connectivity index (χ0) is 12.6. The van der Waals surface area contributed by atoms with Crippen molar-refractivity contribution in [1.82, 2.24) is 0 Å². The van der Waals surface area contributed by atoms with Crippen molar-refractivity contribution in [2.24, 2.45) is 0 Å². The molecule has 0 bridgehead atoms. The first-order chi connectivity index (χ1) is 7.90. The molecule has 0 aliphatic carbocycles. The molecule has 1 heterocycles. The first kappa shape index (κ1) is 12.5. The van der Waals surface area contributed by atoms with Gasteiger partial charge in [0.05, 0.1) is 17.8 Å². The molecule has 0 aromatic heterocycles. The fourth-order valence-electron chi connectivity index (χ4n) is 2.90. The molecule has 2 unspecified atom stereocenters. The number of ether oxygens (including phenoxy) is 1. The second kappa shape index (κ2) is 4.39. The van der Waals surface area contributed by atoms with Crippen LogP contribution in [-0.2, 0) is 10.3 Å². The lowest BCUT2D eigenvalue weighted by atomic mass is 9.80. The van der Waals surface area contributed by atoms with Crippen LogP contribution in [0.15, 0.2) is 18.2 Å². The van der Waals surface area contributed by atoms with Crippen LogP contribution in [0.3, 0.4) is 0 Å². The van der Waals surface area contributed by atoms with Crippen LogP contribution in [0.2, 0.25) is 0 Å². The summed E-state index contributed by atoms with van der Waals surface area (Å²) in [5.41, 5.74) is 0.726. The Balaban J connectivity index is 2.36. The Morgan fingerprint density at radius 3 is 2.41 bits per heavy atom. The minimum absolute atomic E-state index is 0.0215. The molecular formula is C14H19FO2. The largest absolute Gasteiger partial charge is 0.385 e. The first-order valence-electron chi connectivity index (χ1n) is 6.05. The molecule has 1 saturated heterocycles. The predicted octanol–water partition coefficient (Wildman–Crippen LogP) is 2.91. The lowest BCUT2D eigenvalue weighted by Crippen LogP contribution is -2.41. The van der Waals surface area contributed by atoms with E-state index in [1.165, 1.54) is 12.1 Å². The van der Waals surface area contributed by atoms with Gasteiger partial charge in [-0.1, -0.05) is 6.07 Å². The molecule has 94 valence electrons. The van der Waals surface area contributed by atoms with Gasteiger partial charge in [0, 0.05) is 12.8 Å². The van der Waals surface area contributed by atoms with Crippen molar-refractivity contribution >= 4 is 0 Å². The maximum Gasteiger partial charge on any atom is 0.123 e. The van der Waals surface area contributed by atoms with Crippen molar-refractivity contribution in [3.63, 3.8) is 0 Å². The van der Waals surface area contributed by atoms with Gasteiger partial charge < -0.3 is 9.84 Å². The molecule has 2 rings (SSSR count). The van der Waals surface area contributed by atoms with Gasteiger partial charge in [-0.2, -0.15) is 0 Å². The van der Waals surface area contributed by atoms with Gasteiger partial charge in [0.25, 0.3) is 0 Å². The van der Waals surface area contributed by atoms with E-state index in [9.17, 15) is 9.50 Å². The Morgan fingerprint density at radius 2 is 1.88 bits per heavy atom. The monoisotopic (exact) mass is 238 g/mol. The van der Waals surface area contributed by atoms with Crippen LogP contribution in [0.25, 0.3) is 0 Å². The maximum atomic E-state index is 13.1. The molecule has 1 N–H and O–H groups in total. The summed E-state index contributed by atoms with van der Waals surface area (Å²) in [5, 5.41) is 10.8. The van der Waals surface area contributed by atoms with E-state index in [1.54, 1.807) is 6.07 Å². The molecule has 1 aromatic rings. The van der Waals surface area contributed by atoms with E-state index in [1.807, 2.05) is 20.8 Å². The molecular weight excluding hydrogens is 219 g/mol. The third-order valence-electron chi connectivity index (χ3n) is 3.40. The third kappa shape index (κ3) is 2.50. The Kier molecular flexibility index (Phi) is 3.23. The number of aryl methyl sites for hydroxylation is 1. The number of rotatable bonds is 1. The zero-order valence-corrected chi connectivity index (χ0v) is 10.5. The van der Waals surface area contributed by atoms with Crippen LogP contribution in [0.5, 0.6) is 0 Å². The molecule has 0 radical (unpaired) electrons. The van der Waals surface area contributed by atoms with Crippen LogP contribution in [0.4, 0.5) is 4.39 Å². The summed E-state index contributed by atoms with van der Waals surface area (Å²) < 4.78 is 18.7. The van der Waals surface area contributed by atoms with E-state index in [0.29, 0.717) is 12.8 Å². The summed E-state index contributed by atoms with van der Waals surface area (Å²) >= 11 is 0. The second-order valence-corrected chi connectivity index (χ2v) is 5.16. The summed E-state index contributed by atoms with van der Waals surface area (Å²) in [6.45, 7) is 5.75. The lowest BCUT2D eigenvalue weighted by Gasteiger charge is -2.40. The summed E-state index contributed by atoms with van der Waals surface area (Å²) in [6.07, 6.45) is 1.16. The van der Waals surface area contributed by atoms with Crippen LogP contribution in [0, 0.1) is 12.7 Å². The van der Waals surface area contributed by atoms with Gasteiger partial charge in [-0.15, -0.1) is 0 Å². The normalized spacial score (nSPS) is 33.7. The van der Waals surface area contributed by atoms with Gasteiger partial charge in [0.1, 0.15) is 5.82 Å².